The molecular formula is C20H25N3OS. The van der Waals surface area contributed by atoms with Gasteiger partial charge in [-0.25, -0.2) is 0 Å². The fourth-order valence-electron chi connectivity index (χ4n) is 2.33. The Labute approximate surface area is 155 Å². The lowest BCUT2D eigenvalue weighted by molar-refractivity contribution is 0.414. The van der Waals surface area contributed by atoms with Crippen molar-refractivity contribution in [1.82, 2.24) is 5.43 Å². The van der Waals surface area contributed by atoms with Crippen LogP contribution in [0.5, 0.6) is 5.75 Å². The largest absolute Gasteiger partial charge is 0.497 e. The number of nitrogens with zero attached hydrogens (tertiary/aromatic N) is 1. The third-order valence-corrected chi connectivity index (χ3v) is 4.00. The van der Waals surface area contributed by atoms with Gasteiger partial charge in [0.2, 0.25) is 0 Å². The molecule has 0 amide bonds. The van der Waals surface area contributed by atoms with Gasteiger partial charge in [-0.1, -0.05) is 38.1 Å². The lowest BCUT2D eigenvalue weighted by Gasteiger charge is -2.10. The highest BCUT2D eigenvalue weighted by Crippen LogP contribution is 2.17. The first-order valence-electron chi connectivity index (χ1n) is 8.31. The number of anilines is 1. The molecule has 2 N–H and O–H groups in total. The Morgan fingerprint density at radius 2 is 1.72 bits per heavy atom. The molecule has 0 spiro atoms. The van der Waals surface area contributed by atoms with E-state index in [1.54, 1.807) is 7.11 Å². The van der Waals surface area contributed by atoms with Crippen molar-refractivity contribution in [3.8, 4) is 5.75 Å². The molecule has 0 unspecified atom stereocenters. The lowest BCUT2D eigenvalue weighted by atomic mass is 10.0. The molecule has 2 aromatic rings. The Morgan fingerprint density at radius 3 is 2.28 bits per heavy atom. The van der Waals surface area contributed by atoms with Crippen LogP contribution in [0.3, 0.4) is 0 Å². The van der Waals surface area contributed by atoms with Gasteiger partial charge < -0.3 is 10.1 Å². The van der Waals surface area contributed by atoms with Gasteiger partial charge in [0.1, 0.15) is 5.75 Å². The molecule has 2 rings (SSSR count). The van der Waals surface area contributed by atoms with Crippen molar-refractivity contribution in [2.45, 2.75) is 33.1 Å². The zero-order valence-corrected chi connectivity index (χ0v) is 16.0. The standard InChI is InChI=1S/C20H25N3OS/c1-14(2)17-7-9-18(10-8-17)21-20(25)23-22-15(3)13-16-5-11-19(24-4)12-6-16/h5-12,14H,13H2,1-4H3,(H2,21,23,25)/b22-15-. The SMILES string of the molecule is COc1ccc(C/C(C)=N\NC(=S)Nc2ccc(C(C)C)cc2)cc1. The number of methoxy groups -OCH3 is 1. The number of thiocarbonyl (C=S) groups is 1. The molecule has 2 aromatic carbocycles. The van der Waals surface area contributed by atoms with E-state index < -0.39 is 0 Å². The van der Waals surface area contributed by atoms with Crippen LogP contribution in [0, 0.1) is 0 Å². The Bertz CT molecular complexity index is 722. The quantitative estimate of drug-likeness (QED) is 0.447. The van der Waals surface area contributed by atoms with Crippen LogP contribution < -0.4 is 15.5 Å². The highest BCUT2D eigenvalue weighted by molar-refractivity contribution is 7.80. The first kappa shape index (κ1) is 18.9. The number of benzene rings is 2. The summed E-state index contributed by atoms with van der Waals surface area (Å²) in [6.07, 6.45) is 0.753. The number of hydrogen-bond donors (Lipinski definition) is 2. The molecule has 0 atom stereocenters. The van der Waals surface area contributed by atoms with Crippen molar-refractivity contribution in [2.24, 2.45) is 5.10 Å². The smallest absolute Gasteiger partial charge is 0.191 e. The second kappa shape index (κ2) is 9.18. The van der Waals surface area contributed by atoms with Crippen LogP contribution in [-0.4, -0.2) is 17.9 Å². The van der Waals surface area contributed by atoms with Crippen LogP contribution >= 0.6 is 12.2 Å². The molecule has 5 heteroatoms. The van der Waals surface area contributed by atoms with Crippen molar-refractivity contribution in [1.29, 1.82) is 0 Å². The minimum absolute atomic E-state index is 0.478. The van der Waals surface area contributed by atoms with Gasteiger partial charge in [0.15, 0.2) is 5.11 Å². The maximum atomic E-state index is 5.29. The molecule has 0 saturated heterocycles. The van der Waals surface area contributed by atoms with Gasteiger partial charge in [-0.2, -0.15) is 5.10 Å². The van der Waals surface area contributed by atoms with Gasteiger partial charge in [-0.05, 0) is 60.5 Å². The number of nitrogens with one attached hydrogen (secondary N) is 2. The molecular weight excluding hydrogens is 330 g/mol. The summed E-state index contributed by atoms with van der Waals surface area (Å²) in [7, 11) is 1.66. The van der Waals surface area contributed by atoms with Crippen LogP contribution in [0.15, 0.2) is 53.6 Å². The maximum Gasteiger partial charge on any atom is 0.191 e. The van der Waals surface area contributed by atoms with Gasteiger partial charge in [0.25, 0.3) is 0 Å². The third-order valence-electron chi connectivity index (χ3n) is 3.80. The van der Waals surface area contributed by atoms with E-state index in [4.69, 9.17) is 17.0 Å². The predicted octanol–water partition coefficient (Wildman–Crippen LogP) is 4.72. The van der Waals surface area contributed by atoms with Crippen molar-refractivity contribution < 1.29 is 4.74 Å². The van der Waals surface area contributed by atoms with E-state index in [0.29, 0.717) is 11.0 Å². The van der Waals surface area contributed by atoms with E-state index in [-0.39, 0.29) is 0 Å². The second-order valence-electron chi connectivity index (χ2n) is 6.21. The molecule has 0 aliphatic carbocycles. The molecule has 0 radical (unpaired) electrons. The first-order valence-corrected chi connectivity index (χ1v) is 8.72. The monoisotopic (exact) mass is 355 g/mol. The number of rotatable bonds is 6. The molecule has 0 fully saturated rings. The normalized spacial score (nSPS) is 11.3. The molecule has 0 heterocycles. The summed E-state index contributed by atoms with van der Waals surface area (Å²) in [4.78, 5) is 0. The highest BCUT2D eigenvalue weighted by Gasteiger charge is 2.01. The third kappa shape index (κ3) is 6.19. The Kier molecular flexibility index (Phi) is 6.95. The molecule has 132 valence electrons. The summed E-state index contributed by atoms with van der Waals surface area (Å²) in [5.41, 5.74) is 7.27. The van der Waals surface area contributed by atoms with Gasteiger partial charge in [-0.3, -0.25) is 5.43 Å². The highest BCUT2D eigenvalue weighted by atomic mass is 32.1. The average Bonchev–Trinajstić information content (AvgIpc) is 2.61. The zero-order valence-electron chi connectivity index (χ0n) is 15.2. The fourth-order valence-corrected chi connectivity index (χ4v) is 2.50. The molecule has 0 aromatic heterocycles. The van der Waals surface area contributed by atoms with Gasteiger partial charge in [0, 0.05) is 17.8 Å². The van der Waals surface area contributed by atoms with E-state index in [1.165, 1.54) is 11.1 Å². The molecule has 0 aliphatic rings. The van der Waals surface area contributed by atoms with Crippen molar-refractivity contribution in [2.75, 3.05) is 12.4 Å². The average molecular weight is 356 g/mol. The summed E-state index contributed by atoms with van der Waals surface area (Å²) < 4.78 is 5.16. The molecule has 0 aliphatic heterocycles. The van der Waals surface area contributed by atoms with Crippen LogP contribution in [0.25, 0.3) is 0 Å². The van der Waals surface area contributed by atoms with E-state index in [9.17, 15) is 0 Å². The van der Waals surface area contributed by atoms with Crippen LogP contribution in [0.1, 0.15) is 37.8 Å². The second-order valence-corrected chi connectivity index (χ2v) is 6.62. The summed E-state index contributed by atoms with van der Waals surface area (Å²) in [5.74, 6) is 1.37. The van der Waals surface area contributed by atoms with Crippen LogP contribution in [0.2, 0.25) is 0 Å². The van der Waals surface area contributed by atoms with Gasteiger partial charge >= 0.3 is 0 Å². The van der Waals surface area contributed by atoms with E-state index in [2.05, 4.69) is 41.8 Å². The van der Waals surface area contributed by atoms with Crippen LogP contribution in [-0.2, 0) is 6.42 Å². The topological polar surface area (TPSA) is 45.6 Å². The molecule has 25 heavy (non-hydrogen) atoms. The summed E-state index contributed by atoms with van der Waals surface area (Å²) in [5, 5.41) is 7.95. The first-order chi connectivity index (χ1) is 12.0. The predicted molar refractivity (Wildman–Crippen MR) is 110 cm³/mol. The Morgan fingerprint density at radius 1 is 1.08 bits per heavy atom. The Hall–Kier alpha value is -2.40. The van der Waals surface area contributed by atoms with Gasteiger partial charge in [-0.15, -0.1) is 0 Å². The zero-order chi connectivity index (χ0) is 18.2. The fraction of sp³-hybridized carbons (Fsp3) is 0.300. The van der Waals surface area contributed by atoms with E-state index in [0.717, 1.165) is 23.6 Å². The van der Waals surface area contributed by atoms with Crippen LogP contribution in [0.4, 0.5) is 5.69 Å². The summed E-state index contributed by atoms with van der Waals surface area (Å²) in [6.45, 7) is 6.32. The summed E-state index contributed by atoms with van der Waals surface area (Å²) in [6, 6.07) is 16.2. The molecule has 0 bridgehead atoms. The number of hydrogen-bond acceptors (Lipinski definition) is 3. The lowest BCUT2D eigenvalue weighted by Crippen LogP contribution is -2.25. The molecule has 4 nitrogen and oxygen atoms in total. The Balaban J connectivity index is 1.85. The van der Waals surface area contributed by atoms with E-state index >= 15 is 0 Å². The minimum atomic E-state index is 0.478. The number of hydrazone groups is 1. The van der Waals surface area contributed by atoms with Crippen molar-refractivity contribution in [3.05, 3.63) is 59.7 Å². The minimum Gasteiger partial charge on any atom is -0.497 e. The van der Waals surface area contributed by atoms with Gasteiger partial charge in [0.05, 0.1) is 7.11 Å². The van der Waals surface area contributed by atoms with Crippen molar-refractivity contribution >= 4 is 28.7 Å². The summed E-state index contributed by atoms with van der Waals surface area (Å²) >= 11 is 5.29. The number of ether oxygens (including phenoxy) is 1. The van der Waals surface area contributed by atoms with Crippen molar-refractivity contribution in [3.63, 3.8) is 0 Å². The van der Waals surface area contributed by atoms with E-state index in [1.807, 2.05) is 43.3 Å². The maximum absolute atomic E-state index is 5.29. The molecule has 0 saturated carbocycles.